The number of benzene rings is 2. The van der Waals surface area contributed by atoms with Crippen molar-refractivity contribution in [3.8, 4) is 5.75 Å². The van der Waals surface area contributed by atoms with Crippen molar-refractivity contribution >= 4 is 21.8 Å². The molecule has 238 valence electrons. The first-order valence-corrected chi connectivity index (χ1v) is 15.6. The van der Waals surface area contributed by atoms with Crippen molar-refractivity contribution in [2.24, 2.45) is 11.8 Å². The molecule has 1 aliphatic heterocycles. The SMILES string of the molecule is COC[C@@H](CC1CCOC1)OC(=O)NC(Cc1ccc(O)cc1)C(O)CN(CC(C)C)S(=O)(=O)c1ccc([N+](=O)[O-])cc1. The third-order valence-corrected chi connectivity index (χ3v) is 8.90. The average molecular weight is 624 g/mol. The molecule has 43 heavy (non-hydrogen) atoms. The molecule has 0 saturated carbocycles. The van der Waals surface area contributed by atoms with Gasteiger partial charge in [0.15, 0.2) is 0 Å². The number of nitrogens with one attached hydrogen (secondary N) is 1. The fourth-order valence-electron chi connectivity index (χ4n) is 4.89. The van der Waals surface area contributed by atoms with Crippen LogP contribution in [0.15, 0.2) is 53.4 Å². The maximum atomic E-state index is 13.6. The summed E-state index contributed by atoms with van der Waals surface area (Å²) < 4.78 is 44.6. The van der Waals surface area contributed by atoms with Crippen LogP contribution in [0.1, 0.15) is 32.3 Å². The Labute approximate surface area is 252 Å². The normalized spacial score (nSPS) is 17.5. The van der Waals surface area contributed by atoms with E-state index in [-0.39, 0.29) is 54.3 Å². The molecule has 3 unspecified atom stereocenters. The Morgan fingerprint density at radius 2 is 1.84 bits per heavy atom. The minimum absolute atomic E-state index is 0.0452. The summed E-state index contributed by atoms with van der Waals surface area (Å²) >= 11 is 0. The highest BCUT2D eigenvalue weighted by Crippen LogP contribution is 2.23. The number of phenols is 1. The Morgan fingerprint density at radius 1 is 1.16 bits per heavy atom. The third-order valence-electron chi connectivity index (χ3n) is 7.05. The number of aromatic hydroxyl groups is 1. The topological polar surface area (TPSA) is 178 Å². The van der Waals surface area contributed by atoms with Gasteiger partial charge < -0.3 is 29.7 Å². The summed E-state index contributed by atoms with van der Waals surface area (Å²) in [6, 6.07) is 9.76. The number of nitrogens with zero attached hydrogens (tertiary/aromatic N) is 2. The molecule has 1 fully saturated rings. The first-order chi connectivity index (χ1) is 20.4. The molecule has 4 atom stereocenters. The Bertz CT molecular complexity index is 1280. The fourth-order valence-corrected chi connectivity index (χ4v) is 6.51. The third kappa shape index (κ3) is 10.4. The smallest absolute Gasteiger partial charge is 0.407 e. The van der Waals surface area contributed by atoms with Crippen molar-refractivity contribution in [1.82, 2.24) is 9.62 Å². The lowest BCUT2D eigenvalue weighted by Gasteiger charge is -2.31. The number of hydrogen-bond donors (Lipinski definition) is 3. The van der Waals surface area contributed by atoms with Gasteiger partial charge in [0.2, 0.25) is 10.0 Å². The number of sulfonamides is 1. The molecule has 3 N–H and O–H groups in total. The van der Waals surface area contributed by atoms with E-state index in [2.05, 4.69) is 5.32 Å². The second-order valence-corrected chi connectivity index (χ2v) is 13.0. The number of hydrogen-bond acceptors (Lipinski definition) is 10. The van der Waals surface area contributed by atoms with E-state index in [1.165, 1.54) is 19.2 Å². The number of rotatable bonds is 16. The van der Waals surface area contributed by atoms with E-state index in [0.29, 0.717) is 25.2 Å². The van der Waals surface area contributed by atoms with Crippen molar-refractivity contribution in [2.75, 3.05) is 40.0 Å². The van der Waals surface area contributed by atoms with Gasteiger partial charge in [-0.1, -0.05) is 26.0 Å². The molecule has 14 heteroatoms. The molecular formula is C29H41N3O10S. The monoisotopic (exact) mass is 623 g/mol. The molecule has 1 amide bonds. The van der Waals surface area contributed by atoms with Crippen molar-refractivity contribution < 1.29 is 42.6 Å². The van der Waals surface area contributed by atoms with E-state index in [0.717, 1.165) is 35.0 Å². The lowest BCUT2D eigenvalue weighted by atomic mass is 10.0. The van der Waals surface area contributed by atoms with Crippen LogP contribution in [0.25, 0.3) is 0 Å². The zero-order valence-electron chi connectivity index (χ0n) is 24.6. The largest absolute Gasteiger partial charge is 0.508 e. The number of ether oxygens (including phenoxy) is 3. The van der Waals surface area contributed by atoms with Crippen molar-refractivity contribution in [3.05, 3.63) is 64.2 Å². The summed E-state index contributed by atoms with van der Waals surface area (Å²) in [5.74, 6) is 0.146. The zero-order valence-corrected chi connectivity index (χ0v) is 25.4. The Kier molecular flexibility index (Phi) is 12.7. The number of methoxy groups -OCH3 is 1. The van der Waals surface area contributed by atoms with Crippen LogP contribution in [-0.4, -0.2) is 92.2 Å². The highest BCUT2D eigenvalue weighted by Gasteiger charge is 2.32. The number of aliphatic hydroxyl groups is 1. The number of carbonyl (C=O) groups excluding carboxylic acids is 1. The number of amides is 1. The van der Waals surface area contributed by atoms with E-state index in [1.54, 1.807) is 12.1 Å². The van der Waals surface area contributed by atoms with Gasteiger partial charge in [0, 0.05) is 45.5 Å². The predicted molar refractivity (Wildman–Crippen MR) is 157 cm³/mol. The molecule has 13 nitrogen and oxygen atoms in total. The first kappa shape index (κ1) is 34.2. The Balaban J connectivity index is 1.82. The number of phenolic OH excluding ortho intramolecular Hbond substituents is 1. The molecule has 1 heterocycles. The van der Waals surface area contributed by atoms with Crippen LogP contribution in [0, 0.1) is 22.0 Å². The van der Waals surface area contributed by atoms with Gasteiger partial charge in [-0.15, -0.1) is 0 Å². The van der Waals surface area contributed by atoms with Crippen LogP contribution < -0.4 is 5.32 Å². The molecule has 2 aromatic rings. The number of non-ortho nitro benzene ring substituents is 1. The number of aliphatic hydroxyl groups excluding tert-OH is 1. The van der Waals surface area contributed by atoms with Gasteiger partial charge in [-0.3, -0.25) is 10.1 Å². The fraction of sp³-hybridized carbons (Fsp3) is 0.552. The Morgan fingerprint density at radius 3 is 2.40 bits per heavy atom. The summed E-state index contributed by atoms with van der Waals surface area (Å²) in [5.41, 5.74) is 0.422. The van der Waals surface area contributed by atoms with Crippen LogP contribution in [-0.2, 0) is 30.7 Å². The molecule has 0 radical (unpaired) electrons. The van der Waals surface area contributed by atoms with Crippen LogP contribution in [0.2, 0.25) is 0 Å². The van der Waals surface area contributed by atoms with Crippen LogP contribution >= 0.6 is 0 Å². The maximum Gasteiger partial charge on any atom is 0.407 e. The highest BCUT2D eigenvalue weighted by atomic mass is 32.2. The molecule has 2 aromatic carbocycles. The van der Waals surface area contributed by atoms with Gasteiger partial charge in [0.25, 0.3) is 5.69 Å². The van der Waals surface area contributed by atoms with Crippen LogP contribution in [0.3, 0.4) is 0 Å². The molecular weight excluding hydrogens is 582 g/mol. The van der Waals surface area contributed by atoms with E-state index in [4.69, 9.17) is 14.2 Å². The molecule has 1 saturated heterocycles. The summed E-state index contributed by atoms with van der Waals surface area (Å²) in [6.45, 7) is 4.70. The summed E-state index contributed by atoms with van der Waals surface area (Å²) in [6.07, 6.45) is -1.23. The van der Waals surface area contributed by atoms with Gasteiger partial charge >= 0.3 is 6.09 Å². The van der Waals surface area contributed by atoms with Gasteiger partial charge in [0.05, 0.1) is 28.6 Å². The standard InChI is InChI=1S/C29H41N3O10S/c1-20(2)16-31(43(38,39)26-10-6-23(7-11-26)32(36)37)17-28(34)27(15-21-4-8-24(33)9-5-21)30-29(35)42-25(19-40-3)14-22-12-13-41-18-22/h4-11,20,22,25,27-28,33-34H,12-19H2,1-3H3,(H,30,35)/t22?,25-,27?,28?/m1/s1. The molecule has 0 aromatic heterocycles. The first-order valence-electron chi connectivity index (χ1n) is 14.1. The van der Waals surface area contributed by atoms with Gasteiger partial charge in [-0.25, -0.2) is 13.2 Å². The van der Waals surface area contributed by atoms with Crippen LogP contribution in [0.4, 0.5) is 10.5 Å². The lowest BCUT2D eigenvalue weighted by molar-refractivity contribution is -0.384. The predicted octanol–water partition coefficient (Wildman–Crippen LogP) is 3.09. The maximum absolute atomic E-state index is 13.6. The number of carbonyl (C=O) groups is 1. The van der Waals surface area contributed by atoms with Gasteiger partial charge in [0.1, 0.15) is 11.9 Å². The minimum Gasteiger partial charge on any atom is -0.508 e. The summed E-state index contributed by atoms with van der Waals surface area (Å²) in [5, 5.41) is 34.8. The quantitative estimate of drug-likeness (QED) is 0.186. The zero-order chi connectivity index (χ0) is 31.6. The van der Waals surface area contributed by atoms with Crippen molar-refractivity contribution in [1.29, 1.82) is 0 Å². The number of nitro benzene ring substituents is 1. The van der Waals surface area contributed by atoms with Gasteiger partial charge in [-0.05, 0) is 60.9 Å². The van der Waals surface area contributed by atoms with Crippen molar-refractivity contribution in [3.63, 3.8) is 0 Å². The molecule has 0 spiro atoms. The molecule has 3 rings (SSSR count). The Hall–Kier alpha value is -3.30. The summed E-state index contributed by atoms with van der Waals surface area (Å²) in [7, 11) is -2.66. The van der Waals surface area contributed by atoms with E-state index in [9.17, 15) is 33.5 Å². The second kappa shape index (κ2) is 16.0. The summed E-state index contributed by atoms with van der Waals surface area (Å²) in [4.78, 5) is 23.3. The molecule has 1 aliphatic rings. The molecule has 0 bridgehead atoms. The minimum atomic E-state index is -4.17. The lowest BCUT2D eigenvalue weighted by Crippen LogP contribution is -2.51. The van der Waals surface area contributed by atoms with E-state index in [1.807, 2.05) is 13.8 Å². The number of alkyl carbamates (subject to hydrolysis) is 1. The van der Waals surface area contributed by atoms with Gasteiger partial charge in [-0.2, -0.15) is 4.31 Å². The molecule has 0 aliphatic carbocycles. The number of nitro groups is 1. The van der Waals surface area contributed by atoms with Crippen LogP contribution in [0.5, 0.6) is 5.75 Å². The van der Waals surface area contributed by atoms with E-state index >= 15 is 0 Å². The van der Waals surface area contributed by atoms with E-state index < -0.39 is 39.3 Å². The second-order valence-electron chi connectivity index (χ2n) is 11.1. The average Bonchev–Trinajstić information content (AvgIpc) is 3.46. The van der Waals surface area contributed by atoms with Crippen molar-refractivity contribution in [2.45, 2.75) is 56.3 Å². The highest BCUT2D eigenvalue weighted by molar-refractivity contribution is 7.89.